The van der Waals surface area contributed by atoms with E-state index >= 15 is 0 Å². The predicted octanol–water partition coefficient (Wildman–Crippen LogP) is 0.967. The molecule has 0 aliphatic rings. The van der Waals surface area contributed by atoms with Gasteiger partial charge < -0.3 is 16.8 Å². The van der Waals surface area contributed by atoms with Crippen LogP contribution in [0.1, 0.15) is 11.1 Å². The first kappa shape index (κ1) is 10.8. The van der Waals surface area contributed by atoms with E-state index in [9.17, 15) is 4.79 Å². The third kappa shape index (κ3) is 2.90. The highest BCUT2D eigenvalue weighted by Crippen LogP contribution is 2.15. The Hall–Kier alpha value is -1.26. The molecule has 0 saturated heterocycles. The molecule has 0 spiro atoms. The number of halogens is 1. The van der Waals surface area contributed by atoms with Gasteiger partial charge in [-0.25, -0.2) is 4.79 Å². The number of rotatable bonds is 3. The molecule has 0 fully saturated rings. The number of nitrogens with one attached hydrogen (secondary N) is 1. The third-order valence-corrected chi connectivity index (χ3v) is 2.08. The molecule has 1 aromatic carbocycles. The zero-order valence-electron chi connectivity index (χ0n) is 7.59. The number of benzene rings is 1. The summed E-state index contributed by atoms with van der Waals surface area (Å²) in [5, 5.41) is 3.13. The van der Waals surface area contributed by atoms with Crippen LogP contribution in [0.5, 0.6) is 0 Å². The molecule has 0 atom stereocenters. The monoisotopic (exact) mass is 213 g/mol. The van der Waals surface area contributed by atoms with Crippen LogP contribution in [0.2, 0.25) is 5.02 Å². The summed E-state index contributed by atoms with van der Waals surface area (Å²) in [5.41, 5.74) is 12.3. The molecule has 14 heavy (non-hydrogen) atoms. The van der Waals surface area contributed by atoms with E-state index in [1.807, 2.05) is 6.07 Å². The molecule has 5 heteroatoms. The van der Waals surface area contributed by atoms with E-state index in [2.05, 4.69) is 5.32 Å². The second kappa shape index (κ2) is 4.83. The van der Waals surface area contributed by atoms with Gasteiger partial charge in [-0.2, -0.15) is 0 Å². The molecule has 2 amide bonds. The normalized spacial score (nSPS) is 9.86. The zero-order valence-corrected chi connectivity index (χ0v) is 8.34. The maximum atomic E-state index is 10.5. The first-order chi connectivity index (χ1) is 6.63. The summed E-state index contributed by atoms with van der Waals surface area (Å²) in [6.07, 6.45) is 0. The summed E-state index contributed by atoms with van der Waals surface area (Å²) in [5.74, 6) is 0. The van der Waals surface area contributed by atoms with Crippen molar-refractivity contribution in [1.82, 2.24) is 5.32 Å². The first-order valence-electron chi connectivity index (χ1n) is 4.14. The molecule has 0 unspecified atom stereocenters. The van der Waals surface area contributed by atoms with Crippen LogP contribution in [0.3, 0.4) is 0 Å². The largest absolute Gasteiger partial charge is 0.352 e. The van der Waals surface area contributed by atoms with E-state index < -0.39 is 6.03 Å². The van der Waals surface area contributed by atoms with E-state index in [-0.39, 0.29) is 0 Å². The molecule has 1 rings (SSSR count). The number of primary amides is 1. The molecular weight excluding hydrogens is 202 g/mol. The fourth-order valence-corrected chi connectivity index (χ4v) is 1.33. The first-order valence-corrected chi connectivity index (χ1v) is 4.52. The Morgan fingerprint density at radius 3 is 2.71 bits per heavy atom. The van der Waals surface area contributed by atoms with Gasteiger partial charge in [-0.3, -0.25) is 0 Å². The van der Waals surface area contributed by atoms with Crippen LogP contribution in [0.4, 0.5) is 4.79 Å². The highest BCUT2D eigenvalue weighted by Gasteiger charge is 2.02. The van der Waals surface area contributed by atoms with Crippen molar-refractivity contribution >= 4 is 17.6 Å². The van der Waals surface area contributed by atoms with Crippen LogP contribution in [-0.4, -0.2) is 6.03 Å². The molecule has 4 nitrogen and oxygen atoms in total. The fraction of sp³-hybridized carbons (Fsp3) is 0.222. The van der Waals surface area contributed by atoms with Crippen LogP contribution >= 0.6 is 11.6 Å². The number of carbonyl (C=O) groups excluding carboxylic acids is 1. The lowest BCUT2D eigenvalue weighted by molar-refractivity contribution is 0.248. The van der Waals surface area contributed by atoms with Gasteiger partial charge in [-0.05, 0) is 23.3 Å². The Kier molecular flexibility index (Phi) is 3.73. The van der Waals surface area contributed by atoms with E-state index in [0.717, 1.165) is 11.1 Å². The topological polar surface area (TPSA) is 81.1 Å². The quantitative estimate of drug-likeness (QED) is 0.699. The molecule has 76 valence electrons. The lowest BCUT2D eigenvalue weighted by atomic mass is 10.1. The Bertz CT molecular complexity index is 341. The number of carbonyl (C=O) groups is 1. The summed E-state index contributed by atoms with van der Waals surface area (Å²) in [7, 11) is 0. The maximum Gasteiger partial charge on any atom is 0.312 e. The molecule has 1 aromatic rings. The van der Waals surface area contributed by atoms with Crippen molar-refractivity contribution in [1.29, 1.82) is 0 Å². The van der Waals surface area contributed by atoms with Crippen LogP contribution in [0.25, 0.3) is 0 Å². The predicted molar refractivity (Wildman–Crippen MR) is 55.8 cm³/mol. The van der Waals surface area contributed by atoms with Crippen LogP contribution in [0, 0.1) is 0 Å². The number of hydrogen-bond acceptors (Lipinski definition) is 2. The average Bonchev–Trinajstić information content (AvgIpc) is 2.15. The van der Waals surface area contributed by atoms with Crippen molar-refractivity contribution in [3.63, 3.8) is 0 Å². The molecule has 0 aromatic heterocycles. The Balaban J connectivity index is 2.80. The molecule has 0 heterocycles. The molecule has 0 aliphatic carbocycles. The number of nitrogens with two attached hydrogens (primary N) is 2. The second-order valence-electron chi connectivity index (χ2n) is 2.83. The lowest BCUT2D eigenvalue weighted by Gasteiger charge is -2.08. The van der Waals surface area contributed by atoms with Gasteiger partial charge in [0.15, 0.2) is 0 Å². The van der Waals surface area contributed by atoms with E-state index in [4.69, 9.17) is 23.1 Å². The minimum atomic E-state index is -0.553. The van der Waals surface area contributed by atoms with Gasteiger partial charge in [0.25, 0.3) is 0 Å². The van der Waals surface area contributed by atoms with Crippen LogP contribution < -0.4 is 16.8 Å². The van der Waals surface area contributed by atoms with Gasteiger partial charge in [-0.1, -0.05) is 17.7 Å². The Labute approximate surface area is 87.2 Å². The summed E-state index contributed by atoms with van der Waals surface area (Å²) >= 11 is 5.79. The van der Waals surface area contributed by atoms with Crippen molar-refractivity contribution in [2.75, 3.05) is 0 Å². The highest BCUT2D eigenvalue weighted by molar-refractivity contribution is 6.30. The van der Waals surface area contributed by atoms with Crippen LogP contribution in [0.15, 0.2) is 18.2 Å². The van der Waals surface area contributed by atoms with E-state index in [1.54, 1.807) is 12.1 Å². The lowest BCUT2D eigenvalue weighted by Crippen LogP contribution is -2.29. The minimum absolute atomic E-state index is 0.374. The Morgan fingerprint density at radius 2 is 2.14 bits per heavy atom. The van der Waals surface area contributed by atoms with Gasteiger partial charge in [0.2, 0.25) is 0 Å². The SMILES string of the molecule is NCc1cc(Cl)ccc1CNC(N)=O. The van der Waals surface area contributed by atoms with E-state index in [0.29, 0.717) is 18.1 Å². The molecular formula is C9H12ClN3O. The fourth-order valence-electron chi connectivity index (χ4n) is 1.14. The number of hydrogen-bond donors (Lipinski definition) is 3. The van der Waals surface area contributed by atoms with Gasteiger partial charge in [0, 0.05) is 18.1 Å². The van der Waals surface area contributed by atoms with Crippen molar-refractivity contribution in [3.05, 3.63) is 34.3 Å². The molecule has 0 radical (unpaired) electrons. The van der Waals surface area contributed by atoms with Gasteiger partial charge in [0.05, 0.1) is 0 Å². The van der Waals surface area contributed by atoms with Gasteiger partial charge >= 0.3 is 6.03 Å². The summed E-state index contributed by atoms with van der Waals surface area (Å²) in [4.78, 5) is 10.5. The molecule has 0 bridgehead atoms. The Morgan fingerprint density at radius 1 is 1.43 bits per heavy atom. The minimum Gasteiger partial charge on any atom is -0.352 e. The van der Waals surface area contributed by atoms with Crippen molar-refractivity contribution in [2.24, 2.45) is 11.5 Å². The van der Waals surface area contributed by atoms with Crippen LogP contribution in [-0.2, 0) is 13.1 Å². The summed E-state index contributed by atoms with van der Waals surface area (Å²) in [6.45, 7) is 0.759. The summed E-state index contributed by atoms with van der Waals surface area (Å²) < 4.78 is 0. The van der Waals surface area contributed by atoms with Gasteiger partial charge in [0.1, 0.15) is 0 Å². The molecule has 0 saturated carbocycles. The van der Waals surface area contributed by atoms with Gasteiger partial charge in [-0.15, -0.1) is 0 Å². The van der Waals surface area contributed by atoms with Crippen molar-refractivity contribution in [3.8, 4) is 0 Å². The smallest absolute Gasteiger partial charge is 0.312 e. The number of urea groups is 1. The third-order valence-electron chi connectivity index (χ3n) is 1.84. The second-order valence-corrected chi connectivity index (χ2v) is 3.27. The highest BCUT2D eigenvalue weighted by atomic mass is 35.5. The molecule has 5 N–H and O–H groups in total. The average molecular weight is 214 g/mol. The summed E-state index contributed by atoms with van der Waals surface area (Å²) in [6, 6.07) is 4.79. The standard InChI is InChI=1S/C9H12ClN3O/c10-8-2-1-6(5-13-9(12)14)7(3-8)4-11/h1-3H,4-5,11H2,(H3,12,13,14). The van der Waals surface area contributed by atoms with Crippen molar-refractivity contribution in [2.45, 2.75) is 13.1 Å². The van der Waals surface area contributed by atoms with E-state index in [1.165, 1.54) is 0 Å². The molecule has 0 aliphatic heterocycles. The maximum absolute atomic E-state index is 10.5. The van der Waals surface area contributed by atoms with Crippen molar-refractivity contribution < 1.29 is 4.79 Å². The number of amides is 2. The zero-order chi connectivity index (χ0) is 10.6.